The normalized spacial score (nSPS) is 16.1. The number of aromatic nitrogens is 8. The number of nitrogens with one attached hydrogen (secondary N) is 1. The van der Waals surface area contributed by atoms with Gasteiger partial charge in [-0.15, -0.1) is 23.4 Å². The number of fused-ring (bicyclic) bond motifs is 2. The minimum atomic E-state index is -4.74. The number of hydrogen-bond donors (Lipinski definition) is 1. The first-order valence-corrected chi connectivity index (χ1v) is 10.8. The van der Waals surface area contributed by atoms with E-state index in [-0.39, 0.29) is 34.1 Å². The van der Waals surface area contributed by atoms with Gasteiger partial charge in [0.1, 0.15) is 11.7 Å². The van der Waals surface area contributed by atoms with Crippen molar-refractivity contribution in [2.45, 2.75) is 25.2 Å². The van der Waals surface area contributed by atoms with Crippen LogP contribution in [0, 0.1) is 0 Å². The Morgan fingerprint density at radius 3 is 2.81 bits per heavy atom. The van der Waals surface area contributed by atoms with Gasteiger partial charge in [-0.25, -0.2) is 18.3 Å². The summed E-state index contributed by atoms with van der Waals surface area (Å²) in [6.07, 6.45) is -4.13. The summed E-state index contributed by atoms with van der Waals surface area (Å²) >= 11 is 0. The van der Waals surface area contributed by atoms with Crippen LogP contribution in [0.4, 0.5) is 22.0 Å². The molecule has 37 heavy (non-hydrogen) atoms. The van der Waals surface area contributed by atoms with Gasteiger partial charge in [-0.1, -0.05) is 6.07 Å². The van der Waals surface area contributed by atoms with E-state index in [1.807, 2.05) is 0 Å². The van der Waals surface area contributed by atoms with Crippen LogP contribution in [-0.2, 0) is 12.7 Å². The van der Waals surface area contributed by atoms with Crippen LogP contribution in [0.2, 0.25) is 0 Å². The number of pyridine rings is 1. The Kier molecular flexibility index (Phi) is 5.06. The average molecular weight is 519 g/mol. The minimum Gasteiger partial charge on any atom is -0.412 e. The van der Waals surface area contributed by atoms with E-state index in [1.165, 1.54) is 23.4 Å². The van der Waals surface area contributed by atoms with Crippen LogP contribution in [0.15, 0.2) is 47.4 Å². The van der Waals surface area contributed by atoms with Crippen molar-refractivity contribution >= 4 is 11.4 Å². The van der Waals surface area contributed by atoms with Crippen LogP contribution in [0.25, 0.3) is 17.0 Å². The fraction of sp³-hybridized carbons (Fsp3) is 0.238. The molecule has 0 bridgehead atoms. The molecule has 0 fully saturated rings. The highest BCUT2D eigenvalue weighted by molar-refractivity contribution is 5.90. The summed E-state index contributed by atoms with van der Waals surface area (Å²) in [6.45, 7) is 0.165. The molecule has 11 nitrogen and oxygen atoms in total. The maximum absolute atomic E-state index is 13.5. The Hall–Kier alpha value is -4.63. The number of carbonyl (C=O) groups is 1. The smallest absolute Gasteiger partial charge is 0.412 e. The van der Waals surface area contributed by atoms with E-state index in [4.69, 9.17) is 4.42 Å². The molecular formula is C21H14F5N9O2. The molecule has 5 aromatic heterocycles. The van der Waals surface area contributed by atoms with E-state index in [2.05, 4.69) is 30.4 Å². The Bertz CT molecular complexity index is 1620. The summed E-state index contributed by atoms with van der Waals surface area (Å²) < 4.78 is 71.9. The third kappa shape index (κ3) is 3.80. The zero-order valence-corrected chi connectivity index (χ0v) is 18.4. The number of nitrogens with zero attached hydrogens (tertiary/aromatic N) is 8. The highest BCUT2D eigenvalue weighted by atomic mass is 19.4. The summed E-state index contributed by atoms with van der Waals surface area (Å²) in [7, 11) is 0. The second-order valence-corrected chi connectivity index (χ2v) is 8.13. The van der Waals surface area contributed by atoms with Crippen LogP contribution in [0.3, 0.4) is 0 Å². The first-order valence-electron chi connectivity index (χ1n) is 10.8. The SMILES string of the molecule is O=C(c1nnc(-c2cnn(C(F)(F)F)c2)o1)N1CCc2[nH]cnc2[C@@H]1c1cc2cccc(C(F)F)n2n1. The fourth-order valence-electron chi connectivity index (χ4n) is 4.27. The van der Waals surface area contributed by atoms with Crippen LogP contribution in [0.5, 0.6) is 0 Å². The van der Waals surface area contributed by atoms with E-state index in [0.29, 0.717) is 23.8 Å². The van der Waals surface area contributed by atoms with Crippen molar-refractivity contribution in [1.29, 1.82) is 0 Å². The molecule has 6 rings (SSSR count). The van der Waals surface area contributed by atoms with Crippen LogP contribution >= 0.6 is 0 Å². The molecule has 1 amide bonds. The van der Waals surface area contributed by atoms with Gasteiger partial charge in [0, 0.05) is 24.9 Å². The number of amides is 1. The molecule has 0 spiro atoms. The lowest BCUT2D eigenvalue weighted by Crippen LogP contribution is -2.41. The quantitative estimate of drug-likeness (QED) is 0.361. The van der Waals surface area contributed by atoms with Crippen molar-refractivity contribution in [3.63, 3.8) is 0 Å². The summed E-state index contributed by atoms with van der Waals surface area (Å²) in [5.41, 5.74) is 1.43. The largest absolute Gasteiger partial charge is 0.504 e. The number of H-pyrrole nitrogens is 1. The second kappa shape index (κ2) is 8.21. The van der Waals surface area contributed by atoms with Crippen molar-refractivity contribution in [2.75, 3.05) is 6.54 Å². The van der Waals surface area contributed by atoms with Gasteiger partial charge in [0.15, 0.2) is 0 Å². The van der Waals surface area contributed by atoms with Crippen LogP contribution < -0.4 is 0 Å². The number of alkyl halides is 5. The van der Waals surface area contributed by atoms with Gasteiger partial charge in [0.2, 0.25) is 0 Å². The van der Waals surface area contributed by atoms with E-state index >= 15 is 0 Å². The molecule has 16 heteroatoms. The number of hydrogen-bond acceptors (Lipinski definition) is 7. The molecule has 0 aliphatic carbocycles. The summed E-state index contributed by atoms with van der Waals surface area (Å²) in [5.74, 6) is -1.54. The Balaban J connectivity index is 1.37. The highest BCUT2D eigenvalue weighted by Gasteiger charge is 2.38. The van der Waals surface area contributed by atoms with Crippen molar-refractivity contribution in [3.8, 4) is 11.5 Å². The van der Waals surface area contributed by atoms with Gasteiger partial charge in [0.25, 0.3) is 12.3 Å². The summed E-state index contributed by atoms with van der Waals surface area (Å²) in [4.78, 5) is 22.1. The van der Waals surface area contributed by atoms with Crippen molar-refractivity contribution in [1.82, 2.24) is 44.5 Å². The second-order valence-electron chi connectivity index (χ2n) is 8.13. The zero-order chi connectivity index (χ0) is 25.9. The maximum atomic E-state index is 13.5. The molecular weight excluding hydrogens is 505 g/mol. The predicted molar refractivity (Wildman–Crippen MR) is 112 cm³/mol. The number of halogens is 5. The first kappa shape index (κ1) is 22.8. The van der Waals surface area contributed by atoms with Gasteiger partial charge < -0.3 is 14.3 Å². The molecule has 1 aliphatic rings. The Labute approximate surface area is 202 Å². The molecule has 0 radical (unpaired) electrons. The summed E-state index contributed by atoms with van der Waals surface area (Å²) in [6, 6.07) is 5.03. The van der Waals surface area contributed by atoms with Gasteiger partial charge in [-0.05, 0) is 18.2 Å². The molecule has 190 valence electrons. The number of imidazole rings is 1. The lowest BCUT2D eigenvalue weighted by molar-refractivity contribution is -0.212. The minimum absolute atomic E-state index is 0.131. The van der Waals surface area contributed by atoms with E-state index in [1.54, 1.807) is 12.1 Å². The summed E-state index contributed by atoms with van der Waals surface area (Å²) in [5, 5.41) is 15.0. The predicted octanol–water partition coefficient (Wildman–Crippen LogP) is 3.51. The molecule has 0 unspecified atom stereocenters. The van der Waals surface area contributed by atoms with Crippen LogP contribution in [0.1, 0.15) is 45.9 Å². The first-order chi connectivity index (χ1) is 17.7. The standard InChI is InChI=1S/C21H14F5N9O2/c22-17(23)14-3-1-2-11-6-13(32-35(11)14)16-15-12(27-9-28-15)4-5-33(16)20(36)19-31-30-18(37-19)10-7-29-34(8-10)21(24,25)26/h1-3,6-9,16-17H,4-5H2,(H,27,28)/t16-/m0/s1. The van der Waals surface area contributed by atoms with Gasteiger partial charge >= 0.3 is 18.1 Å². The van der Waals surface area contributed by atoms with E-state index in [9.17, 15) is 26.7 Å². The molecule has 1 aliphatic heterocycles. The molecule has 6 heterocycles. The number of carbonyl (C=O) groups excluding carboxylic acids is 1. The van der Waals surface area contributed by atoms with E-state index < -0.39 is 30.6 Å². The lowest BCUT2D eigenvalue weighted by atomic mass is 9.99. The monoisotopic (exact) mass is 519 g/mol. The van der Waals surface area contributed by atoms with Gasteiger partial charge in [-0.3, -0.25) is 4.79 Å². The van der Waals surface area contributed by atoms with E-state index in [0.717, 1.165) is 16.4 Å². The Morgan fingerprint density at radius 1 is 1.22 bits per heavy atom. The fourth-order valence-corrected chi connectivity index (χ4v) is 4.27. The maximum Gasteiger partial charge on any atom is 0.504 e. The lowest BCUT2D eigenvalue weighted by Gasteiger charge is -2.32. The van der Waals surface area contributed by atoms with Crippen molar-refractivity contribution < 1.29 is 31.2 Å². The van der Waals surface area contributed by atoms with Gasteiger partial charge in [0.05, 0.1) is 35.0 Å². The Morgan fingerprint density at radius 2 is 2.05 bits per heavy atom. The number of rotatable bonds is 4. The molecule has 0 saturated carbocycles. The molecule has 0 saturated heterocycles. The average Bonchev–Trinajstić information content (AvgIpc) is 3.66. The topological polar surface area (TPSA) is 123 Å². The third-order valence-electron chi connectivity index (χ3n) is 5.92. The molecule has 0 aromatic carbocycles. The molecule has 1 N–H and O–H groups in total. The van der Waals surface area contributed by atoms with Gasteiger partial charge in [-0.2, -0.15) is 14.9 Å². The number of aromatic amines is 1. The zero-order valence-electron chi connectivity index (χ0n) is 18.4. The molecule has 5 aromatic rings. The highest BCUT2D eigenvalue weighted by Crippen LogP contribution is 2.35. The third-order valence-corrected chi connectivity index (χ3v) is 5.92. The van der Waals surface area contributed by atoms with Crippen molar-refractivity contribution in [2.24, 2.45) is 0 Å². The molecule has 1 atom stereocenters. The van der Waals surface area contributed by atoms with Crippen molar-refractivity contribution in [3.05, 3.63) is 71.7 Å². The van der Waals surface area contributed by atoms with Crippen LogP contribution in [-0.4, -0.2) is 56.9 Å².